The second-order valence-electron chi connectivity index (χ2n) is 6.08. The van der Waals surface area contributed by atoms with Crippen molar-refractivity contribution in [2.24, 2.45) is 0 Å². The Morgan fingerprint density at radius 2 is 1.85 bits per heavy atom. The quantitative estimate of drug-likeness (QED) is 0.422. The lowest BCUT2D eigenvalue weighted by Gasteiger charge is -2.10. The van der Waals surface area contributed by atoms with Gasteiger partial charge in [0.2, 0.25) is 0 Å². The van der Waals surface area contributed by atoms with Crippen molar-refractivity contribution in [2.45, 2.75) is 0 Å². The molecule has 1 heterocycles. The normalized spacial score (nSPS) is 11.3. The number of nitrogens with zero attached hydrogens (tertiary/aromatic N) is 2. The molecule has 7 heteroatoms. The number of fused-ring (bicyclic) bond motifs is 1. The maximum Gasteiger partial charge on any atom is 0.263 e. The van der Waals surface area contributed by atoms with Crippen LogP contribution < -0.4 is 4.74 Å². The zero-order chi connectivity index (χ0) is 18.8. The summed E-state index contributed by atoms with van der Waals surface area (Å²) in [5, 5.41) is 0.880. The Bertz CT molecular complexity index is 967. The van der Waals surface area contributed by atoms with Gasteiger partial charge in [-0.1, -0.05) is 28.1 Å². The Morgan fingerprint density at radius 3 is 2.54 bits per heavy atom. The van der Waals surface area contributed by atoms with Crippen molar-refractivity contribution < 1.29 is 9.53 Å². The summed E-state index contributed by atoms with van der Waals surface area (Å²) < 4.78 is 10.1. The fourth-order valence-electron chi connectivity index (χ4n) is 2.63. The molecule has 2 aromatic carbocycles. The predicted octanol–water partition coefficient (Wildman–Crippen LogP) is 5.56. The molecule has 0 radical (unpaired) electrons. The van der Waals surface area contributed by atoms with Crippen molar-refractivity contribution in [2.75, 3.05) is 27.2 Å². The molecule has 136 valence electrons. The van der Waals surface area contributed by atoms with Crippen molar-refractivity contribution in [3.63, 3.8) is 0 Å². The minimum Gasteiger partial charge on any atom is -0.490 e. The van der Waals surface area contributed by atoms with Crippen molar-refractivity contribution in [3.05, 3.63) is 61.6 Å². The first kappa shape index (κ1) is 19.6. The molecule has 4 nitrogen and oxygen atoms in total. The average Bonchev–Trinajstić information content (AvgIpc) is 2.93. The van der Waals surface area contributed by atoms with Gasteiger partial charge < -0.3 is 9.64 Å². The second kappa shape index (κ2) is 8.25. The summed E-state index contributed by atoms with van der Waals surface area (Å²) in [4.78, 5) is 15.2. The topological polar surface area (TPSA) is 34.5 Å². The van der Waals surface area contributed by atoms with Gasteiger partial charge in [-0.3, -0.25) is 9.36 Å². The van der Waals surface area contributed by atoms with E-state index >= 15 is 0 Å². The van der Waals surface area contributed by atoms with Gasteiger partial charge >= 0.3 is 0 Å². The molecule has 0 aliphatic carbocycles. The molecule has 3 aromatic rings. The Labute approximate surface area is 177 Å². The number of hydrogen-bond donors (Lipinski definition) is 0. The summed E-state index contributed by atoms with van der Waals surface area (Å²) in [5.41, 5.74) is 1.38. The van der Waals surface area contributed by atoms with E-state index in [0.717, 1.165) is 30.9 Å². The lowest BCUT2D eigenvalue weighted by Crippen LogP contribution is -2.19. The summed E-state index contributed by atoms with van der Waals surface area (Å²) in [5.74, 6) is 0.567. The molecule has 0 fully saturated rings. The molecular formula is C19H17Br3N2O2. The molecule has 0 atom stereocenters. The zero-order valence-corrected chi connectivity index (χ0v) is 19.1. The van der Waals surface area contributed by atoms with Crippen LogP contribution in [0.15, 0.2) is 56.0 Å². The van der Waals surface area contributed by atoms with E-state index in [1.54, 1.807) is 16.8 Å². The van der Waals surface area contributed by atoms with Gasteiger partial charge in [0.15, 0.2) is 0 Å². The van der Waals surface area contributed by atoms with E-state index in [-0.39, 0.29) is 5.91 Å². The second-order valence-corrected chi connectivity index (χ2v) is 8.71. The largest absolute Gasteiger partial charge is 0.490 e. The summed E-state index contributed by atoms with van der Waals surface area (Å²) in [7, 11) is 3.99. The van der Waals surface area contributed by atoms with E-state index in [0.29, 0.717) is 17.9 Å². The number of halogens is 3. The van der Waals surface area contributed by atoms with Crippen LogP contribution >= 0.6 is 47.8 Å². The van der Waals surface area contributed by atoms with E-state index in [4.69, 9.17) is 4.74 Å². The molecule has 0 aliphatic rings. The third kappa shape index (κ3) is 4.06. The first-order valence-corrected chi connectivity index (χ1v) is 10.3. The van der Waals surface area contributed by atoms with Crippen LogP contribution in [0.1, 0.15) is 10.4 Å². The number of carbonyl (C=O) groups excluding carboxylic acids is 1. The monoisotopic (exact) mass is 542 g/mol. The van der Waals surface area contributed by atoms with Crippen molar-refractivity contribution in [3.8, 4) is 5.75 Å². The number of hydrogen-bond acceptors (Lipinski definition) is 3. The number of rotatable bonds is 5. The van der Waals surface area contributed by atoms with Gasteiger partial charge in [0.05, 0.1) is 17.3 Å². The number of ether oxygens (including phenoxy) is 1. The highest BCUT2D eigenvalue weighted by Crippen LogP contribution is 2.37. The maximum atomic E-state index is 13.2. The molecule has 0 N–H and O–H groups in total. The van der Waals surface area contributed by atoms with Crippen LogP contribution in [0.2, 0.25) is 0 Å². The first-order chi connectivity index (χ1) is 12.4. The van der Waals surface area contributed by atoms with Gasteiger partial charge in [-0.05, 0) is 70.2 Å². The number of carbonyl (C=O) groups is 1. The van der Waals surface area contributed by atoms with Crippen LogP contribution in [-0.2, 0) is 0 Å². The predicted molar refractivity (Wildman–Crippen MR) is 115 cm³/mol. The van der Waals surface area contributed by atoms with Gasteiger partial charge in [0.25, 0.3) is 5.91 Å². The lowest BCUT2D eigenvalue weighted by molar-refractivity contribution is 0.0963. The van der Waals surface area contributed by atoms with E-state index in [1.165, 1.54) is 0 Å². The van der Waals surface area contributed by atoms with Crippen molar-refractivity contribution in [1.29, 1.82) is 0 Å². The van der Waals surface area contributed by atoms with Crippen LogP contribution in [0.25, 0.3) is 10.9 Å². The summed E-state index contributed by atoms with van der Waals surface area (Å²) in [6.07, 6.45) is 1.76. The summed E-state index contributed by atoms with van der Waals surface area (Å²) in [6.45, 7) is 1.33. The van der Waals surface area contributed by atoms with Gasteiger partial charge in [0.1, 0.15) is 12.4 Å². The average molecular weight is 545 g/mol. The van der Waals surface area contributed by atoms with Crippen LogP contribution in [0.5, 0.6) is 5.75 Å². The SMILES string of the molecule is CN(C)CCOc1cn(C(=O)c2ccccc2Br)c2c(Br)cc(Br)cc12. The molecule has 1 aromatic heterocycles. The van der Waals surface area contributed by atoms with E-state index < -0.39 is 0 Å². The molecule has 0 spiro atoms. The summed E-state index contributed by atoms with van der Waals surface area (Å²) >= 11 is 10.6. The van der Waals surface area contributed by atoms with Crippen LogP contribution in [0, 0.1) is 0 Å². The van der Waals surface area contributed by atoms with Gasteiger partial charge in [-0.15, -0.1) is 0 Å². The van der Waals surface area contributed by atoms with Gasteiger partial charge in [-0.25, -0.2) is 0 Å². The minimum absolute atomic E-state index is 0.118. The molecule has 0 saturated heterocycles. The highest BCUT2D eigenvalue weighted by atomic mass is 79.9. The Balaban J connectivity index is 2.10. The molecular weight excluding hydrogens is 528 g/mol. The smallest absolute Gasteiger partial charge is 0.263 e. The maximum absolute atomic E-state index is 13.2. The molecule has 0 saturated carbocycles. The molecule has 0 aliphatic heterocycles. The first-order valence-electron chi connectivity index (χ1n) is 7.95. The molecule has 0 unspecified atom stereocenters. The molecule has 0 bridgehead atoms. The van der Waals surface area contributed by atoms with Gasteiger partial charge in [-0.2, -0.15) is 0 Å². The zero-order valence-electron chi connectivity index (χ0n) is 14.3. The molecule has 26 heavy (non-hydrogen) atoms. The lowest BCUT2D eigenvalue weighted by atomic mass is 10.2. The summed E-state index contributed by atoms with van der Waals surface area (Å²) in [6, 6.07) is 11.3. The van der Waals surface area contributed by atoms with E-state index in [9.17, 15) is 4.79 Å². The van der Waals surface area contributed by atoms with Crippen LogP contribution in [0.3, 0.4) is 0 Å². The van der Waals surface area contributed by atoms with Crippen LogP contribution in [-0.4, -0.2) is 42.6 Å². The number of benzene rings is 2. The van der Waals surface area contributed by atoms with E-state index in [1.807, 2.05) is 44.4 Å². The van der Waals surface area contributed by atoms with Crippen LogP contribution in [0.4, 0.5) is 0 Å². The van der Waals surface area contributed by atoms with Crippen molar-refractivity contribution in [1.82, 2.24) is 9.47 Å². The Hall–Kier alpha value is -1.15. The Morgan fingerprint density at radius 1 is 1.12 bits per heavy atom. The highest BCUT2D eigenvalue weighted by molar-refractivity contribution is 9.11. The minimum atomic E-state index is -0.118. The third-order valence-electron chi connectivity index (χ3n) is 3.90. The fraction of sp³-hybridized carbons (Fsp3) is 0.211. The van der Waals surface area contributed by atoms with Gasteiger partial charge in [0, 0.05) is 25.3 Å². The highest BCUT2D eigenvalue weighted by Gasteiger charge is 2.20. The Kier molecular flexibility index (Phi) is 6.22. The number of likely N-dealkylation sites (N-methyl/N-ethyl adjacent to an activating group) is 1. The molecule has 0 amide bonds. The number of aromatic nitrogens is 1. The fourth-order valence-corrected chi connectivity index (χ4v) is 4.50. The standard InChI is InChI=1S/C19H17Br3N2O2/c1-23(2)7-8-26-17-11-24(18-14(17)9-12(20)10-16(18)22)19(25)13-5-3-4-6-15(13)21/h3-6,9-11H,7-8H2,1-2H3. The third-order valence-corrected chi connectivity index (χ3v) is 5.65. The van der Waals surface area contributed by atoms with E-state index in [2.05, 4.69) is 52.7 Å². The van der Waals surface area contributed by atoms with Crippen molar-refractivity contribution >= 4 is 64.6 Å². The molecule has 3 rings (SSSR count).